The van der Waals surface area contributed by atoms with Crippen LogP contribution in [0.2, 0.25) is 0 Å². The fourth-order valence-electron chi connectivity index (χ4n) is 2.16. The molecule has 0 fully saturated rings. The Balaban J connectivity index is 1.90. The minimum Gasteiger partial charge on any atom is -0.487 e. The number of rotatable bonds is 1. The third kappa shape index (κ3) is 2.94. The number of hydrogen-bond donors (Lipinski definition) is 1. The maximum absolute atomic E-state index is 12.9. The molecule has 0 spiro atoms. The number of fused-ring (bicyclic) bond motifs is 1. The van der Waals surface area contributed by atoms with Gasteiger partial charge in [0.2, 0.25) is 0 Å². The SMILES string of the molecule is Cc1ccc2c(c1)NC(=O)/C(=C/c1ccc(F)cc1)CO2. The summed E-state index contributed by atoms with van der Waals surface area (Å²) in [5, 5.41) is 2.84. The molecule has 106 valence electrons. The summed E-state index contributed by atoms with van der Waals surface area (Å²) in [5.74, 6) is 0.140. The van der Waals surface area contributed by atoms with E-state index < -0.39 is 0 Å². The summed E-state index contributed by atoms with van der Waals surface area (Å²) >= 11 is 0. The van der Waals surface area contributed by atoms with E-state index in [1.54, 1.807) is 18.2 Å². The molecule has 1 aliphatic heterocycles. The molecule has 0 unspecified atom stereocenters. The topological polar surface area (TPSA) is 38.3 Å². The number of benzene rings is 2. The summed E-state index contributed by atoms with van der Waals surface area (Å²) in [6.07, 6.45) is 1.70. The number of aryl methyl sites for hydroxylation is 1. The molecule has 1 N–H and O–H groups in total. The number of amides is 1. The normalized spacial score (nSPS) is 15.9. The first-order chi connectivity index (χ1) is 10.1. The van der Waals surface area contributed by atoms with E-state index in [0.29, 0.717) is 17.0 Å². The van der Waals surface area contributed by atoms with Crippen molar-refractivity contribution in [2.24, 2.45) is 0 Å². The summed E-state index contributed by atoms with van der Waals surface area (Å²) in [6.45, 7) is 2.13. The van der Waals surface area contributed by atoms with Crippen molar-refractivity contribution in [3.63, 3.8) is 0 Å². The van der Waals surface area contributed by atoms with Crippen LogP contribution in [0.25, 0.3) is 6.08 Å². The molecular weight excluding hydrogens is 269 g/mol. The Hall–Kier alpha value is -2.62. The standard InChI is InChI=1S/C17H14FNO2/c1-11-2-7-16-15(8-11)19-17(20)13(10-21-16)9-12-3-5-14(18)6-4-12/h2-9H,10H2,1H3,(H,19,20)/b13-9+. The van der Waals surface area contributed by atoms with Gasteiger partial charge in [0.25, 0.3) is 5.91 Å². The van der Waals surface area contributed by atoms with Crippen LogP contribution < -0.4 is 10.1 Å². The highest BCUT2D eigenvalue weighted by Crippen LogP contribution is 2.29. The molecular formula is C17H14FNO2. The van der Waals surface area contributed by atoms with E-state index in [0.717, 1.165) is 11.1 Å². The predicted molar refractivity (Wildman–Crippen MR) is 79.7 cm³/mol. The fourth-order valence-corrected chi connectivity index (χ4v) is 2.16. The summed E-state index contributed by atoms with van der Waals surface area (Å²) in [5.41, 5.74) is 2.97. The Morgan fingerprint density at radius 1 is 1.19 bits per heavy atom. The molecule has 0 radical (unpaired) electrons. The van der Waals surface area contributed by atoms with Gasteiger partial charge in [0.1, 0.15) is 18.2 Å². The molecule has 0 aromatic heterocycles. The van der Waals surface area contributed by atoms with Gasteiger partial charge in [-0.3, -0.25) is 4.79 Å². The lowest BCUT2D eigenvalue weighted by atomic mass is 10.1. The number of anilines is 1. The Morgan fingerprint density at radius 2 is 1.95 bits per heavy atom. The average molecular weight is 283 g/mol. The highest BCUT2D eigenvalue weighted by atomic mass is 19.1. The maximum atomic E-state index is 12.9. The van der Waals surface area contributed by atoms with Crippen LogP contribution in [0.3, 0.4) is 0 Å². The van der Waals surface area contributed by atoms with Gasteiger partial charge in [-0.15, -0.1) is 0 Å². The molecule has 0 bridgehead atoms. The molecule has 4 heteroatoms. The lowest BCUT2D eigenvalue weighted by Crippen LogP contribution is -2.15. The van der Waals surface area contributed by atoms with Gasteiger partial charge in [-0.2, -0.15) is 0 Å². The Labute approximate surface area is 122 Å². The Bertz CT molecular complexity index is 720. The molecule has 3 nitrogen and oxygen atoms in total. The lowest BCUT2D eigenvalue weighted by Gasteiger charge is -2.06. The monoisotopic (exact) mass is 283 g/mol. The Morgan fingerprint density at radius 3 is 2.71 bits per heavy atom. The van der Waals surface area contributed by atoms with Gasteiger partial charge >= 0.3 is 0 Å². The highest BCUT2D eigenvalue weighted by molar-refractivity contribution is 6.08. The van der Waals surface area contributed by atoms with Crippen LogP contribution in [-0.4, -0.2) is 12.5 Å². The second-order valence-electron chi connectivity index (χ2n) is 4.96. The van der Waals surface area contributed by atoms with Crippen LogP contribution >= 0.6 is 0 Å². The van der Waals surface area contributed by atoms with Gasteiger partial charge in [0, 0.05) is 0 Å². The number of hydrogen-bond acceptors (Lipinski definition) is 2. The van der Waals surface area contributed by atoms with Crippen LogP contribution in [0, 0.1) is 12.7 Å². The summed E-state index contributed by atoms with van der Waals surface area (Å²) in [4.78, 5) is 12.2. The first-order valence-electron chi connectivity index (χ1n) is 6.63. The van der Waals surface area contributed by atoms with Crippen molar-refractivity contribution in [1.82, 2.24) is 0 Å². The number of carbonyl (C=O) groups is 1. The summed E-state index contributed by atoms with van der Waals surface area (Å²) in [7, 11) is 0. The number of halogens is 1. The van der Waals surface area contributed by atoms with E-state index in [-0.39, 0.29) is 18.3 Å². The molecule has 1 aliphatic rings. The van der Waals surface area contributed by atoms with Crippen molar-refractivity contribution in [1.29, 1.82) is 0 Å². The molecule has 1 amide bonds. The summed E-state index contributed by atoms with van der Waals surface area (Å²) in [6, 6.07) is 11.6. The molecule has 0 atom stereocenters. The van der Waals surface area contributed by atoms with Crippen LogP contribution in [0.4, 0.5) is 10.1 Å². The van der Waals surface area contributed by atoms with Gasteiger partial charge in [0.15, 0.2) is 0 Å². The van der Waals surface area contributed by atoms with Crippen molar-refractivity contribution < 1.29 is 13.9 Å². The van der Waals surface area contributed by atoms with Crippen molar-refractivity contribution in [3.05, 3.63) is 65.0 Å². The molecule has 1 heterocycles. The van der Waals surface area contributed by atoms with Crippen molar-refractivity contribution in [2.75, 3.05) is 11.9 Å². The number of nitrogens with one attached hydrogen (secondary N) is 1. The first kappa shape index (κ1) is 13.4. The van der Waals surface area contributed by atoms with Crippen LogP contribution in [0.1, 0.15) is 11.1 Å². The molecule has 2 aromatic rings. The van der Waals surface area contributed by atoms with Gasteiger partial charge in [-0.05, 0) is 48.4 Å². The zero-order valence-electron chi connectivity index (χ0n) is 11.5. The molecule has 21 heavy (non-hydrogen) atoms. The fraction of sp³-hybridized carbons (Fsp3) is 0.118. The number of ether oxygens (including phenoxy) is 1. The van der Waals surface area contributed by atoms with Crippen LogP contribution in [-0.2, 0) is 4.79 Å². The van der Waals surface area contributed by atoms with Crippen molar-refractivity contribution in [3.8, 4) is 5.75 Å². The molecule has 3 rings (SSSR count). The van der Waals surface area contributed by atoms with E-state index in [9.17, 15) is 9.18 Å². The van der Waals surface area contributed by atoms with Gasteiger partial charge in [0.05, 0.1) is 11.3 Å². The quantitative estimate of drug-likeness (QED) is 0.813. The largest absolute Gasteiger partial charge is 0.487 e. The highest BCUT2D eigenvalue weighted by Gasteiger charge is 2.18. The minimum atomic E-state index is -0.304. The minimum absolute atomic E-state index is 0.180. The van der Waals surface area contributed by atoms with E-state index in [2.05, 4.69) is 5.32 Å². The van der Waals surface area contributed by atoms with Gasteiger partial charge in [-0.1, -0.05) is 18.2 Å². The van der Waals surface area contributed by atoms with Crippen LogP contribution in [0.15, 0.2) is 48.0 Å². The van der Waals surface area contributed by atoms with Crippen LogP contribution in [0.5, 0.6) is 5.75 Å². The smallest absolute Gasteiger partial charge is 0.255 e. The first-order valence-corrected chi connectivity index (χ1v) is 6.63. The number of carbonyl (C=O) groups excluding carboxylic acids is 1. The van der Waals surface area contributed by atoms with E-state index >= 15 is 0 Å². The third-order valence-electron chi connectivity index (χ3n) is 3.27. The average Bonchev–Trinajstić information content (AvgIpc) is 2.61. The van der Waals surface area contributed by atoms with Gasteiger partial charge < -0.3 is 10.1 Å². The zero-order chi connectivity index (χ0) is 14.8. The molecule has 0 saturated heterocycles. The zero-order valence-corrected chi connectivity index (χ0v) is 11.5. The lowest BCUT2D eigenvalue weighted by molar-refractivity contribution is -0.112. The molecule has 0 aliphatic carbocycles. The van der Waals surface area contributed by atoms with E-state index in [1.807, 2.05) is 25.1 Å². The predicted octanol–water partition coefficient (Wildman–Crippen LogP) is 3.55. The molecule has 0 saturated carbocycles. The second kappa shape index (κ2) is 5.40. The Kier molecular flexibility index (Phi) is 3.44. The van der Waals surface area contributed by atoms with Crippen molar-refractivity contribution >= 4 is 17.7 Å². The van der Waals surface area contributed by atoms with Crippen molar-refractivity contribution in [2.45, 2.75) is 6.92 Å². The third-order valence-corrected chi connectivity index (χ3v) is 3.27. The van der Waals surface area contributed by atoms with E-state index in [1.165, 1.54) is 12.1 Å². The maximum Gasteiger partial charge on any atom is 0.255 e. The molecule has 2 aromatic carbocycles. The van der Waals surface area contributed by atoms with Gasteiger partial charge in [-0.25, -0.2) is 4.39 Å². The summed E-state index contributed by atoms with van der Waals surface area (Å²) < 4.78 is 18.6. The van der Waals surface area contributed by atoms with E-state index in [4.69, 9.17) is 4.74 Å². The second-order valence-corrected chi connectivity index (χ2v) is 4.96.